The van der Waals surface area contributed by atoms with Gasteiger partial charge in [0.15, 0.2) is 17.3 Å². The molecule has 2 N–H and O–H groups in total. The molecule has 9 heteroatoms. The van der Waals surface area contributed by atoms with E-state index >= 15 is 0 Å². The number of rotatable bonds is 8. The van der Waals surface area contributed by atoms with Gasteiger partial charge >= 0.3 is 0 Å². The van der Waals surface area contributed by atoms with Crippen molar-refractivity contribution in [1.29, 1.82) is 0 Å². The van der Waals surface area contributed by atoms with Crippen LogP contribution in [0.25, 0.3) is 0 Å². The lowest BCUT2D eigenvalue weighted by Gasteiger charge is -2.23. The second kappa shape index (κ2) is 10.2. The zero-order valence-corrected chi connectivity index (χ0v) is 21.4. The quantitative estimate of drug-likeness (QED) is 0.319. The minimum absolute atomic E-state index is 0.243. The van der Waals surface area contributed by atoms with Gasteiger partial charge in [-0.2, -0.15) is 0 Å². The van der Waals surface area contributed by atoms with Gasteiger partial charge in [-0.15, -0.1) is 11.3 Å². The lowest BCUT2D eigenvalue weighted by Crippen LogP contribution is -2.19. The summed E-state index contributed by atoms with van der Waals surface area (Å²) in [7, 11) is 3.21. The van der Waals surface area contributed by atoms with E-state index in [0.29, 0.717) is 17.4 Å². The zero-order chi connectivity index (χ0) is 25.1. The normalized spacial score (nSPS) is 11.7. The Balaban J connectivity index is 1.84. The van der Waals surface area contributed by atoms with E-state index in [4.69, 9.17) is 13.9 Å². The van der Waals surface area contributed by atoms with Crippen LogP contribution in [0.15, 0.2) is 47.1 Å². The van der Waals surface area contributed by atoms with Crippen LogP contribution in [-0.4, -0.2) is 30.1 Å². The zero-order valence-electron chi connectivity index (χ0n) is 20.6. The molecule has 0 saturated carbocycles. The summed E-state index contributed by atoms with van der Waals surface area (Å²) in [6.07, 6.45) is 1.48. The number of aryl methyl sites for hydroxylation is 3. The van der Waals surface area contributed by atoms with Gasteiger partial charge in [-0.05, 0) is 69.2 Å². The SMILES string of the molecule is COc1ccc([C@H](Nc2nc(C)cc(C)n2)c2c(NC(=O)c3ccco3)sc(C)c2C)cc1OC. The van der Waals surface area contributed by atoms with Crippen molar-refractivity contribution in [3.63, 3.8) is 0 Å². The van der Waals surface area contributed by atoms with Crippen molar-refractivity contribution in [3.05, 3.63) is 81.4 Å². The Labute approximate surface area is 208 Å². The fourth-order valence-electron chi connectivity index (χ4n) is 3.93. The number of ether oxygens (including phenoxy) is 2. The molecule has 0 aliphatic heterocycles. The van der Waals surface area contributed by atoms with Crippen molar-refractivity contribution in [1.82, 2.24) is 9.97 Å². The molecule has 0 aliphatic rings. The van der Waals surface area contributed by atoms with Crippen molar-refractivity contribution in [2.24, 2.45) is 0 Å². The van der Waals surface area contributed by atoms with E-state index in [2.05, 4.69) is 20.6 Å². The van der Waals surface area contributed by atoms with Crippen LogP contribution in [-0.2, 0) is 0 Å². The minimum Gasteiger partial charge on any atom is -0.493 e. The number of nitrogens with one attached hydrogen (secondary N) is 2. The number of hydrogen-bond donors (Lipinski definition) is 2. The van der Waals surface area contributed by atoms with Crippen molar-refractivity contribution < 1.29 is 18.7 Å². The Morgan fingerprint density at radius 3 is 2.34 bits per heavy atom. The van der Waals surface area contributed by atoms with Crippen molar-refractivity contribution in [2.75, 3.05) is 24.9 Å². The van der Waals surface area contributed by atoms with Crippen LogP contribution in [0.3, 0.4) is 0 Å². The molecule has 0 unspecified atom stereocenters. The van der Waals surface area contributed by atoms with Crippen LogP contribution in [0.2, 0.25) is 0 Å². The molecule has 3 aromatic heterocycles. The van der Waals surface area contributed by atoms with Gasteiger partial charge in [0.05, 0.1) is 26.5 Å². The Morgan fingerprint density at radius 2 is 1.71 bits per heavy atom. The summed E-state index contributed by atoms with van der Waals surface area (Å²) in [6.45, 7) is 7.94. The average Bonchev–Trinajstić information content (AvgIpc) is 3.45. The highest BCUT2D eigenvalue weighted by Crippen LogP contribution is 2.42. The van der Waals surface area contributed by atoms with Gasteiger partial charge in [-0.1, -0.05) is 6.07 Å². The first kappa shape index (κ1) is 24.3. The molecule has 0 saturated heterocycles. The summed E-state index contributed by atoms with van der Waals surface area (Å²) >= 11 is 1.51. The Bertz CT molecular complexity index is 1330. The van der Waals surface area contributed by atoms with Gasteiger partial charge in [0.25, 0.3) is 5.91 Å². The van der Waals surface area contributed by atoms with E-state index in [1.807, 2.05) is 52.0 Å². The maximum atomic E-state index is 12.9. The van der Waals surface area contributed by atoms with Gasteiger partial charge in [0.2, 0.25) is 5.95 Å². The summed E-state index contributed by atoms with van der Waals surface area (Å²) in [4.78, 5) is 23.1. The number of benzene rings is 1. The number of amides is 1. The molecule has 0 aliphatic carbocycles. The number of anilines is 2. The number of furan rings is 1. The molecule has 0 spiro atoms. The van der Waals surface area contributed by atoms with E-state index < -0.39 is 0 Å². The monoisotopic (exact) mass is 492 g/mol. The number of carbonyl (C=O) groups excluding carboxylic acids is 1. The molecule has 1 atom stereocenters. The van der Waals surface area contributed by atoms with Gasteiger partial charge < -0.3 is 24.5 Å². The molecule has 4 aromatic rings. The molecular formula is C26H28N4O4S. The molecular weight excluding hydrogens is 464 g/mol. The molecule has 0 bridgehead atoms. The van der Waals surface area contributed by atoms with Crippen LogP contribution in [0, 0.1) is 27.7 Å². The maximum absolute atomic E-state index is 12.9. The standard InChI is InChI=1S/C26H28N4O4S/c1-14-12-15(2)28-26(27-14)29-23(18-9-10-19(32-5)21(13-18)33-6)22-16(3)17(4)35-25(22)30-24(31)20-8-7-11-34-20/h7-13,23H,1-6H3,(H,30,31)(H,27,28,29)/t23-/m0/s1. The van der Waals surface area contributed by atoms with Crippen molar-refractivity contribution in [2.45, 2.75) is 33.7 Å². The fraction of sp³-hybridized carbons (Fsp3) is 0.269. The van der Waals surface area contributed by atoms with Crippen molar-refractivity contribution in [3.8, 4) is 11.5 Å². The van der Waals surface area contributed by atoms with Crippen LogP contribution >= 0.6 is 11.3 Å². The third kappa shape index (κ3) is 5.14. The first-order valence-corrected chi connectivity index (χ1v) is 11.9. The van der Waals surface area contributed by atoms with Gasteiger partial charge in [-0.3, -0.25) is 4.79 Å². The molecule has 1 amide bonds. The first-order chi connectivity index (χ1) is 16.8. The highest BCUT2D eigenvalue weighted by molar-refractivity contribution is 7.16. The van der Waals surface area contributed by atoms with Crippen LogP contribution in [0.1, 0.15) is 49.6 Å². The molecule has 4 rings (SSSR count). The Kier molecular flexibility index (Phi) is 7.07. The summed E-state index contributed by atoms with van der Waals surface area (Å²) < 4.78 is 16.3. The molecule has 8 nitrogen and oxygen atoms in total. The number of methoxy groups -OCH3 is 2. The van der Waals surface area contributed by atoms with Gasteiger partial charge in [0, 0.05) is 21.8 Å². The number of nitrogens with zero attached hydrogens (tertiary/aromatic N) is 2. The molecule has 35 heavy (non-hydrogen) atoms. The second-order valence-electron chi connectivity index (χ2n) is 8.12. The summed E-state index contributed by atoms with van der Waals surface area (Å²) in [5.74, 6) is 1.65. The van der Waals surface area contributed by atoms with E-state index in [0.717, 1.165) is 38.0 Å². The summed E-state index contributed by atoms with van der Waals surface area (Å²) in [5.41, 5.74) is 4.59. The van der Waals surface area contributed by atoms with Crippen LogP contribution in [0.4, 0.5) is 10.9 Å². The molecule has 0 radical (unpaired) electrons. The number of thiophene rings is 1. The third-order valence-electron chi connectivity index (χ3n) is 5.69. The van der Waals surface area contributed by atoms with E-state index in [9.17, 15) is 4.79 Å². The number of aromatic nitrogens is 2. The lowest BCUT2D eigenvalue weighted by molar-refractivity contribution is 0.0997. The van der Waals surface area contributed by atoms with E-state index in [1.54, 1.807) is 26.4 Å². The van der Waals surface area contributed by atoms with Crippen LogP contribution in [0.5, 0.6) is 11.5 Å². The smallest absolute Gasteiger partial charge is 0.291 e. The molecule has 3 heterocycles. The largest absolute Gasteiger partial charge is 0.493 e. The summed E-state index contributed by atoms with van der Waals surface area (Å²) in [6, 6.07) is 10.6. The van der Waals surface area contributed by atoms with Crippen molar-refractivity contribution >= 4 is 28.2 Å². The maximum Gasteiger partial charge on any atom is 0.291 e. The Morgan fingerprint density at radius 1 is 1.00 bits per heavy atom. The predicted octanol–water partition coefficient (Wildman–Crippen LogP) is 5.84. The fourth-order valence-corrected chi connectivity index (χ4v) is 5.03. The lowest BCUT2D eigenvalue weighted by atomic mass is 9.96. The highest BCUT2D eigenvalue weighted by Gasteiger charge is 2.27. The molecule has 182 valence electrons. The summed E-state index contributed by atoms with van der Waals surface area (Å²) in [5, 5.41) is 7.25. The average molecular weight is 493 g/mol. The van der Waals surface area contributed by atoms with Gasteiger partial charge in [0.1, 0.15) is 5.00 Å². The predicted molar refractivity (Wildman–Crippen MR) is 137 cm³/mol. The molecule has 1 aromatic carbocycles. The first-order valence-electron chi connectivity index (χ1n) is 11.1. The minimum atomic E-state index is -0.382. The molecule has 0 fully saturated rings. The van der Waals surface area contributed by atoms with E-state index in [-0.39, 0.29) is 17.7 Å². The Hall–Kier alpha value is -3.85. The number of hydrogen-bond acceptors (Lipinski definition) is 8. The topological polar surface area (TPSA) is 98.5 Å². The van der Waals surface area contributed by atoms with Crippen LogP contribution < -0.4 is 20.1 Å². The third-order valence-corrected chi connectivity index (χ3v) is 6.83. The highest BCUT2D eigenvalue weighted by atomic mass is 32.1. The number of carbonyl (C=O) groups is 1. The second-order valence-corrected chi connectivity index (χ2v) is 9.35. The van der Waals surface area contributed by atoms with E-state index in [1.165, 1.54) is 17.6 Å². The van der Waals surface area contributed by atoms with Gasteiger partial charge in [-0.25, -0.2) is 9.97 Å².